The number of hydrogen-bond acceptors (Lipinski definition) is 2. The van der Waals surface area contributed by atoms with Crippen molar-refractivity contribution >= 4 is 32.6 Å². The Morgan fingerprint density at radius 2 is 1.38 bits per heavy atom. The first-order chi connectivity index (χ1) is 19.5. The van der Waals surface area contributed by atoms with Gasteiger partial charge in [-0.2, -0.15) is 13.2 Å². The number of nitrogens with zero attached hydrogens (tertiary/aromatic N) is 2. The smallest absolute Gasteiger partial charge is 0.252 e. The molecule has 0 amide bonds. The van der Waals surface area contributed by atoms with Gasteiger partial charge in [0.2, 0.25) is 0 Å². The zero-order valence-electron chi connectivity index (χ0n) is 21.4. The zero-order valence-corrected chi connectivity index (χ0v) is 21.4. The van der Waals surface area contributed by atoms with Crippen molar-refractivity contribution in [3.63, 3.8) is 0 Å². The number of alkyl halides is 3. The third-order valence-corrected chi connectivity index (χ3v) is 7.66. The topological polar surface area (TPSA) is 25.8 Å². The average Bonchev–Trinajstić information content (AvgIpc) is 3.01. The van der Waals surface area contributed by atoms with Crippen molar-refractivity contribution in [2.75, 3.05) is 0 Å². The van der Waals surface area contributed by atoms with E-state index >= 15 is 0 Å². The van der Waals surface area contributed by atoms with Gasteiger partial charge >= 0.3 is 6.18 Å². The van der Waals surface area contributed by atoms with Crippen LogP contribution in [0.2, 0.25) is 0 Å². The van der Waals surface area contributed by atoms with E-state index < -0.39 is 11.7 Å². The Morgan fingerprint density at radius 3 is 2.12 bits per heavy atom. The Morgan fingerprint density at radius 1 is 0.650 bits per heavy atom. The Labute approximate surface area is 229 Å². The molecule has 0 fully saturated rings. The predicted molar refractivity (Wildman–Crippen MR) is 156 cm³/mol. The fraction of sp³-hybridized carbons (Fsp3) is 0.0857. The minimum absolute atomic E-state index is 0.294. The molecule has 1 heterocycles. The molecule has 1 aliphatic rings. The van der Waals surface area contributed by atoms with Crippen molar-refractivity contribution in [3.05, 3.63) is 133 Å². The maximum Gasteiger partial charge on any atom is 0.416 e. The molecule has 0 N–H and O–H groups in total. The number of benzene rings is 5. The minimum atomic E-state index is -4.39. The van der Waals surface area contributed by atoms with Crippen molar-refractivity contribution < 1.29 is 13.2 Å². The minimum Gasteiger partial charge on any atom is -0.252 e. The Kier molecular flexibility index (Phi) is 5.74. The number of hydrogen-bond donors (Lipinski definition) is 0. The second-order valence-corrected chi connectivity index (χ2v) is 10.1. The van der Waals surface area contributed by atoms with Crippen LogP contribution in [0.15, 0.2) is 121 Å². The van der Waals surface area contributed by atoms with Crippen molar-refractivity contribution in [3.8, 4) is 22.4 Å². The monoisotopic (exact) mass is 528 g/mol. The van der Waals surface area contributed by atoms with Crippen molar-refractivity contribution in [1.29, 1.82) is 0 Å². The van der Waals surface area contributed by atoms with E-state index in [2.05, 4.69) is 72.8 Å². The average molecular weight is 529 g/mol. The molecule has 1 aromatic heterocycles. The standard InChI is InChI=1S/C35H23F3N2/c36-35(37,38)27-15-11-24(12-16-27)32-21-39-33-28-17-13-25(22-7-3-1-4-8-22)19-30(28)31-20-26(23-9-5-2-6-10-23)14-18-29(31)34(33)40-32/h1-9,11-21,23H,10H2. The van der Waals surface area contributed by atoms with Crippen molar-refractivity contribution in [2.45, 2.75) is 18.5 Å². The lowest BCUT2D eigenvalue weighted by Crippen LogP contribution is -2.04. The lowest BCUT2D eigenvalue weighted by atomic mass is 9.89. The predicted octanol–water partition coefficient (Wildman–Crippen LogP) is 9.89. The van der Waals surface area contributed by atoms with Crippen LogP contribution in [0.4, 0.5) is 13.2 Å². The molecule has 1 unspecified atom stereocenters. The van der Waals surface area contributed by atoms with E-state index in [-0.39, 0.29) is 0 Å². The fourth-order valence-corrected chi connectivity index (χ4v) is 5.58. The van der Waals surface area contributed by atoms with Crippen LogP contribution < -0.4 is 0 Å². The summed E-state index contributed by atoms with van der Waals surface area (Å²) in [6, 6.07) is 28.3. The summed E-state index contributed by atoms with van der Waals surface area (Å²) >= 11 is 0. The van der Waals surface area contributed by atoms with Crippen LogP contribution in [0.5, 0.6) is 0 Å². The quantitative estimate of drug-likeness (QED) is 0.214. The number of halogens is 3. The SMILES string of the molecule is FC(F)(F)c1ccc(-c2cnc3c4ccc(-c5ccccc5)cc4c4cc(C5C=CC=CC5)ccc4c3n2)cc1. The fourth-order valence-electron chi connectivity index (χ4n) is 5.58. The lowest BCUT2D eigenvalue weighted by Gasteiger charge is -2.17. The summed E-state index contributed by atoms with van der Waals surface area (Å²) in [5.74, 6) is 0.294. The van der Waals surface area contributed by atoms with Crippen LogP contribution in [-0.4, -0.2) is 9.97 Å². The zero-order chi connectivity index (χ0) is 27.3. The summed E-state index contributed by atoms with van der Waals surface area (Å²) in [6.45, 7) is 0. The molecule has 2 nitrogen and oxygen atoms in total. The van der Waals surface area contributed by atoms with Gasteiger partial charge < -0.3 is 0 Å². The Balaban J connectivity index is 1.47. The van der Waals surface area contributed by atoms with Crippen LogP contribution >= 0.6 is 0 Å². The number of fused-ring (bicyclic) bond motifs is 6. The highest BCUT2D eigenvalue weighted by molar-refractivity contribution is 6.23. The van der Waals surface area contributed by atoms with Crippen molar-refractivity contribution in [1.82, 2.24) is 9.97 Å². The van der Waals surface area contributed by atoms with Gasteiger partial charge in [0, 0.05) is 22.3 Å². The number of allylic oxidation sites excluding steroid dienone is 4. The molecule has 194 valence electrons. The number of aromatic nitrogens is 2. The van der Waals surface area contributed by atoms with E-state index in [1.807, 2.05) is 18.2 Å². The molecule has 0 saturated carbocycles. The molecule has 0 radical (unpaired) electrons. The second-order valence-electron chi connectivity index (χ2n) is 10.1. The van der Waals surface area contributed by atoms with E-state index in [0.717, 1.165) is 62.3 Å². The van der Waals surface area contributed by atoms with Gasteiger partial charge in [0.15, 0.2) is 0 Å². The molecule has 0 bridgehead atoms. The molecule has 7 rings (SSSR count). The highest BCUT2D eigenvalue weighted by Gasteiger charge is 2.30. The molecule has 6 aromatic rings. The summed E-state index contributed by atoms with van der Waals surface area (Å²) < 4.78 is 39.4. The molecule has 5 aromatic carbocycles. The van der Waals surface area contributed by atoms with E-state index in [0.29, 0.717) is 17.2 Å². The Hall–Kier alpha value is -4.77. The van der Waals surface area contributed by atoms with Crippen LogP contribution in [0.1, 0.15) is 23.5 Å². The van der Waals surface area contributed by atoms with Gasteiger partial charge in [-0.15, -0.1) is 0 Å². The molecule has 0 spiro atoms. The first kappa shape index (κ1) is 24.3. The molecular formula is C35H23F3N2. The van der Waals surface area contributed by atoms with Gasteiger partial charge in [-0.3, -0.25) is 4.98 Å². The second kappa shape index (κ2) is 9.45. The van der Waals surface area contributed by atoms with Crippen LogP contribution in [-0.2, 0) is 6.18 Å². The third kappa shape index (κ3) is 4.24. The van der Waals surface area contributed by atoms with Gasteiger partial charge in [-0.25, -0.2) is 4.98 Å². The van der Waals surface area contributed by atoms with E-state index in [1.54, 1.807) is 6.20 Å². The molecule has 1 atom stereocenters. The molecule has 5 heteroatoms. The van der Waals surface area contributed by atoms with Gasteiger partial charge in [0.25, 0.3) is 0 Å². The normalized spacial score (nSPS) is 15.3. The van der Waals surface area contributed by atoms with Crippen LogP contribution in [0, 0.1) is 0 Å². The van der Waals surface area contributed by atoms with Crippen molar-refractivity contribution in [2.24, 2.45) is 0 Å². The summed E-state index contributed by atoms with van der Waals surface area (Å²) in [6.07, 6.45) is 6.78. The van der Waals surface area contributed by atoms with Gasteiger partial charge in [0.05, 0.1) is 28.5 Å². The van der Waals surface area contributed by atoms with E-state index in [4.69, 9.17) is 9.97 Å². The summed E-state index contributed by atoms with van der Waals surface area (Å²) in [5.41, 5.74) is 5.43. The molecule has 40 heavy (non-hydrogen) atoms. The maximum atomic E-state index is 13.1. The van der Waals surface area contributed by atoms with Gasteiger partial charge in [-0.1, -0.05) is 91.0 Å². The van der Waals surface area contributed by atoms with Gasteiger partial charge in [0.1, 0.15) is 0 Å². The lowest BCUT2D eigenvalue weighted by molar-refractivity contribution is -0.137. The molecule has 1 aliphatic carbocycles. The molecule has 0 saturated heterocycles. The highest BCUT2D eigenvalue weighted by Crippen LogP contribution is 2.39. The van der Waals surface area contributed by atoms with Crippen LogP contribution in [0.25, 0.3) is 55.0 Å². The summed E-state index contributed by atoms with van der Waals surface area (Å²) in [5, 5.41) is 4.13. The third-order valence-electron chi connectivity index (χ3n) is 7.66. The van der Waals surface area contributed by atoms with Gasteiger partial charge in [-0.05, 0) is 58.1 Å². The summed E-state index contributed by atoms with van der Waals surface area (Å²) in [4.78, 5) is 9.79. The first-order valence-electron chi connectivity index (χ1n) is 13.2. The first-order valence-corrected chi connectivity index (χ1v) is 13.2. The van der Waals surface area contributed by atoms with Crippen LogP contribution in [0.3, 0.4) is 0 Å². The van der Waals surface area contributed by atoms with E-state index in [9.17, 15) is 13.2 Å². The number of rotatable bonds is 3. The molecular weight excluding hydrogens is 505 g/mol. The summed E-state index contributed by atoms with van der Waals surface area (Å²) in [7, 11) is 0. The van der Waals surface area contributed by atoms with E-state index in [1.165, 1.54) is 17.7 Å². The largest absolute Gasteiger partial charge is 0.416 e. The Bertz CT molecular complexity index is 1950. The molecule has 0 aliphatic heterocycles. The highest BCUT2D eigenvalue weighted by atomic mass is 19.4. The maximum absolute atomic E-state index is 13.1.